The van der Waals surface area contributed by atoms with Crippen LogP contribution in [0, 0.1) is 6.92 Å². The van der Waals surface area contributed by atoms with Crippen molar-refractivity contribution in [2.24, 2.45) is 0 Å². The average molecular weight is 399 g/mol. The third-order valence-corrected chi connectivity index (χ3v) is 4.59. The minimum absolute atomic E-state index is 0.341. The first-order chi connectivity index (χ1) is 14.6. The lowest BCUT2D eigenvalue weighted by molar-refractivity contribution is 0.262. The van der Waals surface area contributed by atoms with E-state index in [1.165, 1.54) is 0 Å². The van der Waals surface area contributed by atoms with E-state index < -0.39 is 0 Å². The quantitative estimate of drug-likeness (QED) is 0.500. The molecular formula is C23H21N5O2. The smallest absolute Gasteiger partial charge is 0.323 e. The summed E-state index contributed by atoms with van der Waals surface area (Å²) in [7, 11) is 1.57. The zero-order valence-corrected chi connectivity index (χ0v) is 16.7. The highest BCUT2D eigenvalue weighted by Gasteiger charge is 2.10. The largest absolute Gasteiger partial charge is 0.495 e. The SMILES string of the molecule is COc1ccc(C)cc1NC(=O)Nc1ccc(-n2ccnc2-c2ccncc2)cc1. The second-order valence-electron chi connectivity index (χ2n) is 6.69. The first-order valence-electron chi connectivity index (χ1n) is 9.41. The van der Waals surface area contributed by atoms with Crippen molar-refractivity contribution in [3.05, 3.63) is 84.9 Å². The molecule has 0 aliphatic carbocycles. The number of nitrogens with one attached hydrogen (secondary N) is 2. The van der Waals surface area contributed by atoms with Crippen molar-refractivity contribution in [1.29, 1.82) is 0 Å². The predicted molar refractivity (Wildman–Crippen MR) is 117 cm³/mol. The van der Waals surface area contributed by atoms with Gasteiger partial charge in [0.1, 0.15) is 11.6 Å². The number of imidazole rings is 1. The van der Waals surface area contributed by atoms with Crippen LogP contribution in [-0.4, -0.2) is 27.7 Å². The first kappa shape index (κ1) is 19.2. The number of nitrogens with zero attached hydrogens (tertiary/aromatic N) is 3. The number of benzene rings is 2. The van der Waals surface area contributed by atoms with Crippen LogP contribution < -0.4 is 15.4 Å². The lowest BCUT2D eigenvalue weighted by Crippen LogP contribution is -2.19. The molecule has 0 spiro atoms. The molecule has 0 aliphatic rings. The topological polar surface area (TPSA) is 81.1 Å². The number of pyridine rings is 1. The van der Waals surface area contributed by atoms with Gasteiger partial charge in [-0.2, -0.15) is 0 Å². The van der Waals surface area contributed by atoms with Crippen molar-refractivity contribution < 1.29 is 9.53 Å². The zero-order valence-electron chi connectivity index (χ0n) is 16.7. The van der Waals surface area contributed by atoms with E-state index in [1.54, 1.807) is 25.7 Å². The second kappa shape index (κ2) is 8.48. The number of carbonyl (C=O) groups excluding carboxylic acids is 1. The van der Waals surface area contributed by atoms with E-state index >= 15 is 0 Å². The second-order valence-corrected chi connectivity index (χ2v) is 6.69. The van der Waals surface area contributed by atoms with Crippen molar-refractivity contribution >= 4 is 17.4 Å². The van der Waals surface area contributed by atoms with Crippen LogP contribution in [0.15, 0.2) is 79.4 Å². The molecule has 2 N–H and O–H groups in total. The van der Waals surface area contributed by atoms with Crippen LogP contribution in [0.5, 0.6) is 5.75 Å². The number of hydrogen-bond donors (Lipinski definition) is 2. The maximum atomic E-state index is 12.4. The molecule has 7 heteroatoms. The highest BCUT2D eigenvalue weighted by atomic mass is 16.5. The Hall–Kier alpha value is -4.13. The molecule has 2 aromatic carbocycles. The Morgan fingerprint density at radius 3 is 2.47 bits per heavy atom. The molecule has 0 aliphatic heterocycles. The standard InChI is InChI=1S/C23H21N5O2/c1-16-3-8-21(30-2)20(15-16)27-23(29)26-18-4-6-19(7-5-18)28-14-13-25-22(28)17-9-11-24-12-10-17/h3-15H,1-2H3,(H2,26,27,29). The molecule has 0 unspecified atom stereocenters. The molecule has 30 heavy (non-hydrogen) atoms. The molecule has 0 radical (unpaired) electrons. The van der Waals surface area contributed by atoms with E-state index in [1.807, 2.05) is 72.3 Å². The maximum Gasteiger partial charge on any atom is 0.323 e. The number of hydrogen-bond acceptors (Lipinski definition) is 4. The minimum Gasteiger partial charge on any atom is -0.495 e. The Morgan fingerprint density at radius 1 is 0.967 bits per heavy atom. The normalized spacial score (nSPS) is 10.5. The molecule has 2 amide bonds. The molecule has 150 valence electrons. The van der Waals surface area contributed by atoms with Crippen molar-refractivity contribution in [3.8, 4) is 22.8 Å². The predicted octanol–water partition coefficient (Wildman–Crippen LogP) is 4.90. The fourth-order valence-electron chi connectivity index (χ4n) is 3.14. The van der Waals surface area contributed by atoms with Gasteiger partial charge in [0.15, 0.2) is 0 Å². The van der Waals surface area contributed by atoms with E-state index in [2.05, 4.69) is 20.6 Å². The lowest BCUT2D eigenvalue weighted by Gasteiger charge is -2.13. The van der Waals surface area contributed by atoms with Gasteiger partial charge in [-0.1, -0.05) is 6.07 Å². The van der Waals surface area contributed by atoms with Crippen LogP contribution in [-0.2, 0) is 0 Å². The number of urea groups is 1. The number of ether oxygens (including phenoxy) is 1. The van der Waals surface area contributed by atoms with Gasteiger partial charge < -0.3 is 15.4 Å². The van der Waals surface area contributed by atoms with E-state index in [4.69, 9.17) is 4.74 Å². The van der Waals surface area contributed by atoms with Gasteiger partial charge in [-0.25, -0.2) is 9.78 Å². The Morgan fingerprint density at radius 2 is 1.73 bits per heavy atom. The van der Waals surface area contributed by atoms with Crippen molar-refractivity contribution in [3.63, 3.8) is 0 Å². The molecule has 0 atom stereocenters. The summed E-state index contributed by atoms with van der Waals surface area (Å²) < 4.78 is 7.28. The van der Waals surface area contributed by atoms with Crippen LogP contribution in [0.3, 0.4) is 0 Å². The Labute approximate surface area is 174 Å². The van der Waals surface area contributed by atoms with Crippen molar-refractivity contribution in [2.75, 3.05) is 17.7 Å². The highest BCUT2D eigenvalue weighted by Crippen LogP contribution is 2.26. The van der Waals surface area contributed by atoms with Gasteiger partial charge in [-0.15, -0.1) is 0 Å². The van der Waals surface area contributed by atoms with Crippen molar-refractivity contribution in [2.45, 2.75) is 6.92 Å². The van der Waals surface area contributed by atoms with E-state index in [9.17, 15) is 4.79 Å². The molecule has 0 saturated carbocycles. The molecule has 0 fully saturated rings. The van der Waals surface area contributed by atoms with Crippen LogP contribution in [0.4, 0.5) is 16.2 Å². The number of aromatic nitrogens is 3. The summed E-state index contributed by atoms with van der Waals surface area (Å²) in [5.41, 5.74) is 4.23. The molecule has 2 aromatic heterocycles. The van der Waals surface area contributed by atoms with E-state index in [0.29, 0.717) is 17.1 Å². The van der Waals surface area contributed by atoms with Gasteiger partial charge in [-0.3, -0.25) is 9.55 Å². The number of anilines is 2. The van der Waals surface area contributed by atoms with Crippen LogP contribution >= 0.6 is 0 Å². The first-order valence-corrected chi connectivity index (χ1v) is 9.41. The van der Waals surface area contributed by atoms with Gasteiger partial charge in [0.25, 0.3) is 0 Å². The number of aryl methyl sites for hydroxylation is 1. The number of amides is 2. The number of rotatable bonds is 5. The van der Waals surface area contributed by atoms with E-state index in [0.717, 1.165) is 22.6 Å². The summed E-state index contributed by atoms with van der Waals surface area (Å²) in [4.78, 5) is 20.9. The summed E-state index contributed by atoms with van der Waals surface area (Å²) in [6.07, 6.45) is 7.13. The van der Waals surface area contributed by atoms with Gasteiger partial charge >= 0.3 is 6.03 Å². The molecular weight excluding hydrogens is 378 g/mol. The Kier molecular flexibility index (Phi) is 5.43. The molecule has 2 heterocycles. The summed E-state index contributed by atoms with van der Waals surface area (Å²) in [5.74, 6) is 1.43. The maximum absolute atomic E-state index is 12.4. The minimum atomic E-state index is -0.341. The fraction of sp³-hybridized carbons (Fsp3) is 0.0870. The lowest BCUT2D eigenvalue weighted by atomic mass is 10.2. The van der Waals surface area contributed by atoms with Crippen molar-refractivity contribution in [1.82, 2.24) is 14.5 Å². The van der Waals surface area contributed by atoms with Crippen LogP contribution in [0.25, 0.3) is 17.1 Å². The zero-order chi connectivity index (χ0) is 20.9. The Balaban J connectivity index is 1.48. The van der Waals surface area contributed by atoms with Gasteiger partial charge in [-0.05, 0) is 61.0 Å². The number of carbonyl (C=O) groups is 1. The highest BCUT2D eigenvalue weighted by molar-refractivity contribution is 6.00. The third kappa shape index (κ3) is 4.15. The van der Waals surface area contributed by atoms with Gasteiger partial charge in [0.2, 0.25) is 0 Å². The van der Waals surface area contributed by atoms with Crippen LogP contribution in [0.2, 0.25) is 0 Å². The average Bonchev–Trinajstić information content (AvgIpc) is 3.25. The summed E-state index contributed by atoms with van der Waals surface area (Å²) in [6, 6.07) is 16.6. The van der Waals surface area contributed by atoms with Gasteiger partial charge in [0, 0.05) is 41.7 Å². The fourth-order valence-corrected chi connectivity index (χ4v) is 3.14. The Bertz CT molecular complexity index is 1150. The molecule has 4 rings (SSSR count). The summed E-state index contributed by atoms with van der Waals surface area (Å²) >= 11 is 0. The van der Waals surface area contributed by atoms with Crippen LogP contribution in [0.1, 0.15) is 5.56 Å². The molecule has 7 nitrogen and oxygen atoms in total. The van der Waals surface area contributed by atoms with Gasteiger partial charge in [0.05, 0.1) is 12.8 Å². The molecule has 0 saturated heterocycles. The summed E-state index contributed by atoms with van der Waals surface area (Å²) in [6.45, 7) is 1.96. The van der Waals surface area contributed by atoms with E-state index in [-0.39, 0.29) is 6.03 Å². The number of methoxy groups -OCH3 is 1. The third-order valence-electron chi connectivity index (χ3n) is 4.59. The molecule has 0 bridgehead atoms. The summed E-state index contributed by atoms with van der Waals surface area (Å²) in [5, 5.41) is 5.67. The monoisotopic (exact) mass is 399 g/mol. The molecule has 4 aromatic rings.